The van der Waals surface area contributed by atoms with E-state index < -0.39 is 22.5 Å². The number of carbonyl (C=O) groups excluding carboxylic acids is 1. The number of methoxy groups -OCH3 is 2. The summed E-state index contributed by atoms with van der Waals surface area (Å²) in [5.74, 6) is 0.0271. The quantitative estimate of drug-likeness (QED) is 0.634. The minimum Gasteiger partial charge on any atom is -0.495 e. The van der Waals surface area contributed by atoms with E-state index in [0.717, 1.165) is 27.3 Å². The number of benzene rings is 2. The first-order valence-corrected chi connectivity index (χ1v) is 11.9. The van der Waals surface area contributed by atoms with Crippen molar-refractivity contribution in [1.82, 2.24) is 5.32 Å². The molecule has 0 bridgehead atoms. The standard InChI is InChI=1S/C22H29ClN2O5S/c1-13-8-15(3)17(9-14(13)2)16(4)24-22(26)12-25(31(7,27)28)19-11-20(29-5)18(23)10-21(19)30-6/h8-11,16H,12H2,1-7H3,(H,24,26). The van der Waals surface area contributed by atoms with Crippen molar-refractivity contribution in [2.75, 3.05) is 31.3 Å². The van der Waals surface area contributed by atoms with E-state index in [1.165, 1.54) is 31.9 Å². The largest absolute Gasteiger partial charge is 0.495 e. The average molecular weight is 469 g/mol. The molecule has 0 spiro atoms. The molecule has 170 valence electrons. The van der Waals surface area contributed by atoms with Crippen molar-refractivity contribution in [3.05, 3.63) is 51.5 Å². The van der Waals surface area contributed by atoms with E-state index in [1.54, 1.807) is 0 Å². The van der Waals surface area contributed by atoms with Crippen molar-refractivity contribution in [2.24, 2.45) is 0 Å². The Morgan fingerprint density at radius 3 is 2.16 bits per heavy atom. The van der Waals surface area contributed by atoms with Gasteiger partial charge in [-0.15, -0.1) is 0 Å². The topological polar surface area (TPSA) is 84.9 Å². The fourth-order valence-corrected chi connectivity index (χ4v) is 4.45. The minimum atomic E-state index is -3.81. The van der Waals surface area contributed by atoms with Crippen LogP contribution in [0.5, 0.6) is 11.5 Å². The Morgan fingerprint density at radius 1 is 1.03 bits per heavy atom. The number of halogens is 1. The summed E-state index contributed by atoms with van der Waals surface area (Å²) in [6.07, 6.45) is 1.03. The number of hydrogen-bond donors (Lipinski definition) is 1. The maximum atomic E-state index is 12.8. The highest BCUT2D eigenvalue weighted by Crippen LogP contribution is 2.39. The Hall–Kier alpha value is -2.45. The molecule has 0 aromatic heterocycles. The van der Waals surface area contributed by atoms with Gasteiger partial charge in [-0.3, -0.25) is 9.10 Å². The Balaban J connectivity index is 2.35. The summed E-state index contributed by atoms with van der Waals surface area (Å²) in [6.45, 7) is 7.48. The second-order valence-electron chi connectivity index (χ2n) is 7.51. The van der Waals surface area contributed by atoms with Gasteiger partial charge in [-0.2, -0.15) is 0 Å². The van der Waals surface area contributed by atoms with Crippen molar-refractivity contribution in [1.29, 1.82) is 0 Å². The van der Waals surface area contributed by atoms with E-state index in [1.807, 2.05) is 33.8 Å². The van der Waals surface area contributed by atoms with E-state index in [2.05, 4.69) is 11.4 Å². The second-order valence-corrected chi connectivity index (χ2v) is 9.82. The zero-order valence-corrected chi connectivity index (χ0v) is 20.4. The lowest BCUT2D eigenvalue weighted by molar-refractivity contribution is -0.120. The molecular formula is C22H29ClN2O5S. The van der Waals surface area contributed by atoms with Crippen LogP contribution in [0.4, 0.5) is 5.69 Å². The van der Waals surface area contributed by atoms with E-state index in [0.29, 0.717) is 0 Å². The van der Waals surface area contributed by atoms with Crippen LogP contribution >= 0.6 is 11.6 Å². The summed E-state index contributed by atoms with van der Waals surface area (Å²) in [5, 5.41) is 3.15. The molecule has 2 aromatic rings. The lowest BCUT2D eigenvalue weighted by atomic mass is 9.96. The van der Waals surface area contributed by atoms with Gasteiger partial charge in [-0.1, -0.05) is 23.7 Å². The molecule has 0 heterocycles. The first-order valence-electron chi connectivity index (χ1n) is 9.65. The van der Waals surface area contributed by atoms with Gasteiger partial charge in [0.15, 0.2) is 0 Å². The summed E-state index contributed by atoms with van der Waals surface area (Å²) >= 11 is 6.13. The Morgan fingerprint density at radius 2 is 1.61 bits per heavy atom. The van der Waals surface area contributed by atoms with Gasteiger partial charge < -0.3 is 14.8 Å². The first kappa shape index (κ1) is 24.8. The molecule has 0 aliphatic rings. The molecule has 0 radical (unpaired) electrons. The van der Waals surface area contributed by atoms with Crippen LogP contribution in [-0.2, 0) is 14.8 Å². The van der Waals surface area contributed by atoms with Crippen molar-refractivity contribution >= 4 is 33.2 Å². The van der Waals surface area contributed by atoms with E-state index in [4.69, 9.17) is 21.1 Å². The Bertz CT molecular complexity index is 1090. The molecule has 1 atom stereocenters. The van der Waals surface area contributed by atoms with Gasteiger partial charge in [0.05, 0.1) is 37.2 Å². The molecule has 2 aromatic carbocycles. The van der Waals surface area contributed by atoms with Crippen LogP contribution in [0, 0.1) is 20.8 Å². The van der Waals surface area contributed by atoms with Gasteiger partial charge in [0.25, 0.3) is 0 Å². The number of sulfonamides is 1. The first-order chi connectivity index (χ1) is 14.4. The fraction of sp³-hybridized carbons (Fsp3) is 0.409. The molecule has 0 aliphatic heterocycles. The molecule has 1 amide bonds. The number of hydrogen-bond acceptors (Lipinski definition) is 5. The lowest BCUT2D eigenvalue weighted by Gasteiger charge is -2.26. The smallest absolute Gasteiger partial charge is 0.241 e. The fourth-order valence-electron chi connectivity index (χ4n) is 3.36. The predicted octanol–water partition coefficient (Wildman–Crippen LogP) is 3.93. The maximum absolute atomic E-state index is 12.8. The van der Waals surface area contributed by atoms with Gasteiger partial charge in [0.1, 0.15) is 18.0 Å². The van der Waals surface area contributed by atoms with Gasteiger partial charge in [-0.05, 0) is 49.9 Å². The number of ether oxygens (including phenoxy) is 2. The summed E-state index contributed by atoms with van der Waals surface area (Å²) in [4.78, 5) is 12.8. The number of rotatable bonds is 8. The molecule has 0 saturated carbocycles. The van der Waals surface area contributed by atoms with Crippen molar-refractivity contribution < 1.29 is 22.7 Å². The summed E-state index contributed by atoms with van der Waals surface area (Å²) in [5.41, 5.74) is 4.49. The highest BCUT2D eigenvalue weighted by molar-refractivity contribution is 7.92. The summed E-state index contributed by atoms with van der Waals surface area (Å²) < 4.78 is 36.5. The number of nitrogens with one attached hydrogen (secondary N) is 1. The third-order valence-corrected chi connectivity index (χ3v) is 6.56. The van der Waals surface area contributed by atoms with Crippen LogP contribution in [0.15, 0.2) is 24.3 Å². The number of aryl methyl sites for hydroxylation is 3. The van der Waals surface area contributed by atoms with Crippen molar-refractivity contribution in [2.45, 2.75) is 33.7 Å². The molecule has 0 aliphatic carbocycles. The Kier molecular flexibility index (Phi) is 7.83. The highest BCUT2D eigenvalue weighted by Gasteiger charge is 2.26. The number of nitrogens with zero attached hydrogens (tertiary/aromatic N) is 1. The molecule has 7 nitrogen and oxygen atoms in total. The zero-order valence-electron chi connectivity index (χ0n) is 18.9. The van der Waals surface area contributed by atoms with Crippen LogP contribution < -0.4 is 19.1 Å². The monoisotopic (exact) mass is 468 g/mol. The molecule has 1 N–H and O–H groups in total. The van der Waals surface area contributed by atoms with Crippen molar-refractivity contribution in [3.8, 4) is 11.5 Å². The van der Waals surface area contributed by atoms with Crippen LogP contribution in [0.2, 0.25) is 5.02 Å². The molecule has 1 unspecified atom stereocenters. The highest BCUT2D eigenvalue weighted by atomic mass is 35.5. The predicted molar refractivity (Wildman–Crippen MR) is 124 cm³/mol. The molecular weight excluding hydrogens is 440 g/mol. The SMILES string of the molecule is COc1cc(N(CC(=O)NC(C)c2cc(C)c(C)cc2C)S(C)(=O)=O)c(OC)cc1Cl. The van der Waals surface area contributed by atoms with Crippen LogP contribution in [0.1, 0.15) is 35.2 Å². The van der Waals surface area contributed by atoms with Crippen LogP contribution in [-0.4, -0.2) is 41.3 Å². The molecule has 0 fully saturated rings. The number of amides is 1. The normalized spacial score (nSPS) is 12.3. The van der Waals surface area contributed by atoms with Crippen molar-refractivity contribution in [3.63, 3.8) is 0 Å². The molecule has 31 heavy (non-hydrogen) atoms. The lowest BCUT2D eigenvalue weighted by Crippen LogP contribution is -2.41. The van der Waals surface area contributed by atoms with Gasteiger partial charge in [0, 0.05) is 12.1 Å². The van der Waals surface area contributed by atoms with E-state index >= 15 is 0 Å². The molecule has 0 saturated heterocycles. The van der Waals surface area contributed by atoms with Gasteiger partial charge in [0.2, 0.25) is 15.9 Å². The average Bonchev–Trinajstić information content (AvgIpc) is 2.67. The Labute approximate surface area is 189 Å². The second kappa shape index (κ2) is 9.78. The van der Waals surface area contributed by atoms with E-state index in [-0.39, 0.29) is 28.3 Å². The number of carbonyl (C=O) groups is 1. The van der Waals surface area contributed by atoms with Gasteiger partial charge in [-0.25, -0.2) is 8.42 Å². The molecule has 9 heteroatoms. The van der Waals surface area contributed by atoms with Crippen LogP contribution in [0.25, 0.3) is 0 Å². The summed E-state index contributed by atoms with van der Waals surface area (Å²) in [7, 11) is -0.996. The third-order valence-electron chi connectivity index (χ3n) is 5.14. The van der Waals surface area contributed by atoms with Gasteiger partial charge >= 0.3 is 0 Å². The zero-order chi connectivity index (χ0) is 23.5. The number of anilines is 1. The summed E-state index contributed by atoms with van der Waals surface area (Å²) in [6, 6.07) is 6.70. The third kappa shape index (κ3) is 5.83. The maximum Gasteiger partial charge on any atom is 0.241 e. The molecule has 2 rings (SSSR count). The minimum absolute atomic E-state index is 0.163. The van der Waals surface area contributed by atoms with E-state index in [9.17, 15) is 13.2 Å². The van der Waals surface area contributed by atoms with Crippen LogP contribution in [0.3, 0.4) is 0 Å².